The molecule has 0 aliphatic rings. The van der Waals surface area contributed by atoms with Gasteiger partial charge >= 0.3 is 0 Å². The van der Waals surface area contributed by atoms with Gasteiger partial charge in [-0.25, -0.2) is 0 Å². The van der Waals surface area contributed by atoms with E-state index in [2.05, 4.69) is 5.32 Å². The minimum Gasteiger partial charge on any atom is -0.389 e. The van der Waals surface area contributed by atoms with Crippen LogP contribution in [0.5, 0.6) is 0 Å². The van der Waals surface area contributed by atoms with Crippen molar-refractivity contribution in [2.75, 3.05) is 13.6 Å². The first-order valence-corrected chi connectivity index (χ1v) is 5.21. The maximum Gasteiger partial charge on any atom is 0.108 e. The fourth-order valence-corrected chi connectivity index (χ4v) is 1.65. The van der Waals surface area contributed by atoms with Gasteiger partial charge in [0.2, 0.25) is 0 Å². The first-order valence-electron chi connectivity index (χ1n) is 4.83. The lowest BCUT2D eigenvalue weighted by atomic mass is 10.0. The van der Waals surface area contributed by atoms with Crippen molar-refractivity contribution in [1.29, 1.82) is 0 Å². The summed E-state index contributed by atoms with van der Waals surface area (Å²) in [5, 5.41) is 22.7. The van der Waals surface area contributed by atoms with E-state index in [0.29, 0.717) is 17.1 Å². The fraction of sp³-hybridized carbons (Fsp3) is 0.455. The lowest BCUT2D eigenvalue weighted by Gasteiger charge is -2.19. The largest absolute Gasteiger partial charge is 0.389 e. The zero-order valence-corrected chi connectivity index (χ0v) is 9.62. The Hall–Kier alpha value is -0.610. The summed E-state index contributed by atoms with van der Waals surface area (Å²) < 4.78 is 0. The number of nitrogens with one attached hydrogen (secondary N) is 1. The Kier molecular flexibility index (Phi) is 4.54. The predicted octanol–water partition coefficient (Wildman–Crippen LogP) is 1.26. The van der Waals surface area contributed by atoms with Crippen LogP contribution in [-0.2, 0) is 0 Å². The summed E-state index contributed by atoms with van der Waals surface area (Å²) in [5.74, 6) is 0. The molecule has 15 heavy (non-hydrogen) atoms. The Morgan fingerprint density at radius 1 is 1.40 bits per heavy atom. The van der Waals surface area contributed by atoms with Gasteiger partial charge in [-0.05, 0) is 20.0 Å². The Morgan fingerprint density at radius 3 is 2.67 bits per heavy atom. The van der Waals surface area contributed by atoms with E-state index in [1.165, 1.54) is 0 Å². The molecule has 1 rings (SSSR count). The molecule has 0 bridgehead atoms. The minimum atomic E-state index is -0.954. The number of aryl methyl sites for hydroxylation is 1. The number of benzene rings is 1. The van der Waals surface area contributed by atoms with Crippen molar-refractivity contribution in [1.82, 2.24) is 5.32 Å². The predicted molar refractivity (Wildman–Crippen MR) is 61.1 cm³/mol. The molecule has 0 amide bonds. The zero-order chi connectivity index (χ0) is 11.4. The van der Waals surface area contributed by atoms with Gasteiger partial charge < -0.3 is 15.5 Å². The Balaban J connectivity index is 2.89. The average molecular weight is 230 g/mol. The molecule has 0 saturated heterocycles. The highest BCUT2D eigenvalue weighted by atomic mass is 35.5. The van der Waals surface area contributed by atoms with E-state index in [-0.39, 0.29) is 0 Å². The van der Waals surface area contributed by atoms with Crippen molar-refractivity contribution in [3.63, 3.8) is 0 Å². The second-order valence-corrected chi connectivity index (χ2v) is 4.00. The van der Waals surface area contributed by atoms with Crippen molar-refractivity contribution < 1.29 is 10.2 Å². The molecule has 0 aliphatic heterocycles. The summed E-state index contributed by atoms with van der Waals surface area (Å²) in [6.45, 7) is 2.24. The summed E-state index contributed by atoms with van der Waals surface area (Å²) in [7, 11) is 1.72. The van der Waals surface area contributed by atoms with Crippen molar-refractivity contribution >= 4 is 11.6 Å². The highest BCUT2D eigenvalue weighted by Gasteiger charge is 2.19. The normalized spacial score (nSPS) is 15.0. The molecule has 2 atom stereocenters. The van der Waals surface area contributed by atoms with Crippen LogP contribution < -0.4 is 5.32 Å². The molecule has 2 unspecified atom stereocenters. The van der Waals surface area contributed by atoms with Crippen LogP contribution in [0.3, 0.4) is 0 Å². The number of halogens is 1. The average Bonchev–Trinajstić information content (AvgIpc) is 2.21. The van der Waals surface area contributed by atoms with Gasteiger partial charge in [0.15, 0.2) is 0 Å². The van der Waals surface area contributed by atoms with E-state index >= 15 is 0 Å². The first kappa shape index (κ1) is 12.5. The van der Waals surface area contributed by atoms with Gasteiger partial charge in [-0.15, -0.1) is 0 Å². The van der Waals surface area contributed by atoms with Crippen molar-refractivity contribution in [2.45, 2.75) is 19.1 Å². The molecule has 0 radical (unpaired) electrons. The number of likely N-dealkylation sites (N-methyl/N-ethyl adjacent to an activating group) is 1. The van der Waals surface area contributed by atoms with Crippen LogP contribution in [0.1, 0.15) is 17.2 Å². The second-order valence-electron chi connectivity index (χ2n) is 3.59. The Morgan fingerprint density at radius 2 is 2.07 bits per heavy atom. The van der Waals surface area contributed by atoms with Crippen LogP contribution in [0.2, 0.25) is 5.02 Å². The quantitative estimate of drug-likeness (QED) is 0.729. The minimum absolute atomic E-state index is 0.325. The molecule has 0 fully saturated rings. The van der Waals surface area contributed by atoms with Crippen molar-refractivity contribution in [3.8, 4) is 0 Å². The second kappa shape index (κ2) is 5.47. The summed E-state index contributed by atoms with van der Waals surface area (Å²) >= 11 is 5.94. The topological polar surface area (TPSA) is 52.5 Å². The molecule has 0 spiro atoms. The van der Waals surface area contributed by atoms with Gasteiger partial charge in [0, 0.05) is 17.1 Å². The number of hydrogen-bond acceptors (Lipinski definition) is 3. The third kappa shape index (κ3) is 3.18. The van der Waals surface area contributed by atoms with E-state index < -0.39 is 12.2 Å². The molecule has 84 valence electrons. The summed E-state index contributed by atoms with van der Waals surface area (Å²) in [6, 6.07) is 5.37. The van der Waals surface area contributed by atoms with E-state index in [0.717, 1.165) is 5.56 Å². The van der Waals surface area contributed by atoms with Crippen LogP contribution in [0.25, 0.3) is 0 Å². The fourth-order valence-electron chi connectivity index (χ4n) is 1.42. The number of aliphatic hydroxyl groups is 2. The number of aliphatic hydroxyl groups excluding tert-OH is 2. The molecule has 0 heterocycles. The summed E-state index contributed by atoms with van der Waals surface area (Å²) in [5.41, 5.74) is 1.57. The van der Waals surface area contributed by atoms with E-state index in [4.69, 9.17) is 11.6 Å². The lowest BCUT2D eigenvalue weighted by molar-refractivity contribution is 0.0203. The third-order valence-electron chi connectivity index (χ3n) is 2.25. The summed E-state index contributed by atoms with van der Waals surface area (Å²) in [6.07, 6.45) is -1.81. The molecular formula is C11H16ClNO2. The van der Waals surface area contributed by atoms with Crippen LogP contribution in [0.4, 0.5) is 0 Å². The highest BCUT2D eigenvalue weighted by Crippen LogP contribution is 2.26. The molecular weight excluding hydrogens is 214 g/mol. The maximum atomic E-state index is 9.85. The number of hydrogen-bond donors (Lipinski definition) is 3. The van der Waals surface area contributed by atoms with Gasteiger partial charge in [-0.3, -0.25) is 0 Å². The Bertz CT molecular complexity index is 330. The standard InChI is InChI=1S/C11H16ClNO2/c1-7-3-4-9(12)8(5-7)11(15)10(14)6-13-2/h3-5,10-11,13-15H,6H2,1-2H3. The molecule has 3 nitrogen and oxygen atoms in total. The van der Waals surface area contributed by atoms with Gasteiger partial charge in [0.05, 0.1) is 6.10 Å². The summed E-state index contributed by atoms with van der Waals surface area (Å²) in [4.78, 5) is 0. The molecule has 3 N–H and O–H groups in total. The first-order chi connectivity index (χ1) is 7.06. The van der Waals surface area contributed by atoms with Crippen LogP contribution in [0, 0.1) is 6.92 Å². The molecule has 4 heteroatoms. The Labute approximate surface area is 94.7 Å². The van der Waals surface area contributed by atoms with Gasteiger partial charge in [0.1, 0.15) is 6.10 Å². The maximum absolute atomic E-state index is 9.85. The van der Waals surface area contributed by atoms with Crippen LogP contribution in [-0.4, -0.2) is 29.9 Å². The zero-order valence-electron chi connectivity index (χ0n) is 8.87. The molecule has 0 saturated carbocycles. The molecule has 0 aromatic heterocycles. The van der Waals surface area contributed by atoms with E-state index in [1.807, 2.05) is 13.0 Å². The lowest BCUT2D eigenvalue weighted by Crippen LogP contribution is -2.29. The van der Waals surface area contributed by atoms with E-state index in [1.54, 1.807) is 19.2 Å². The SMILES string of the molecule is CNCC(O)C(O)c1cc(C)ccc1Cl. The number of rotatable bonds is 4. The van der Waals surface area contributed by atoms with Gasteiger partial charge in [-0.2, -0.15) is 0 Å². The highest BCUT2D eigenvalue weighted by molar-refractivity contribution is 6.31. The van der Waals surface area contributed by atoms with Gasteiger partial charge in [-0.1, -0.05) is 29.3 Å². The van der Waals surface area contributed by atoms with Crippen LogP contribution >= 0.6 is 11.6 Å². The van der Waals surface area contributed by atoms with Crippen molar-refractivity contribution in [3.05, 3.63) is 34.3 Å². The van der Waals surface area contributed by atoms with E-state index in [9.17, 15) is 10.2 Å². The monoisotopic (exact) mass is 229 g/mol. The molecule has 1 aromatic carbocycles. The smallest absolute Gasteiger partial charge is 0.108 e. The molecule has 1 aromatic rings. The van der Waals surface area contributed by atoms with Crippen molar-refractivity contribution in [2.24, 2.45) is 0 Å². The van der Waals surface area contributed by atoms with Crippen LogP contribution in [0.15, 0.2) is 18.2 Å². The van der Waals surface area contributed by atoms with Gasteiger partial charge in [0.25, 0.3) is 0 Å². The third-order valence-corrected chi connectivity index (χ3v) is 2.59. The molecule has 0 aliphatic carbocycles.